The lowest BCUT2D eigenvalue weighted by Crippen LogP contribution is -2.17. The number of carbonyl (C=O) groups excluding carboxylic acids is 3. The van der Waals surface area contributed by atoms with Gasteiger partial charge in [0.1, 0.15) is 11.5 Å². The molecule has 0 aliphatic carbocycles. The Bertz CT molecular complexity index is 1310. The lowest BCUT2D eigenvalue weighted by atomic mass is 10.1. The average molecular weight is 584 g/mol. The van der Waals surface area contributed by atoms with Crippen molar-refractivity contribution in [3.8, 4) is 11.5 Å². The van der Waals surface area contributed by atoms with E-state index in [1.54, 1.807) is 42.5 Å². The van der Waals surface area contributed by atoms with Crippen molar-refractivity contribution in [3.63, 3.8) is 0 Å². The van der Waals surface area contributed by atoms with E-state index in [2.05, 4.69) is 17.5 Å². The van der Waals surface area contributed by atoms with Crippen LogP contribution in [0.15, 0.2) is 71.8 Å². The molecule has 0 saturated carbocycles. The molecule has 0 atom stereocenters. The minimum Gasteiger partial charge on any atom is -0.423 e. The quantitative estimate of drug-likeness (QED) is 0.0682. The molecule has 3 rings (SSSR count). The largest absolute Gasteiger partial charge is 0.423 e. The molecule has 0 bridgehead atoms. The molecule has 0 aliphatic rings. The Hall–Kier alpha value is -3.68. The van der Waals surface area contributed by atoms with Crippen molar-refractivity contribution in [3.05, 3.63) is 93.5 Å². The van der Waals surface area contributed by atoms with E-state index >= 15 is 0 Å². The van der Waals surface area contributed by atoms with Gasteiger partial charge in [0.25, 0.3) is 0 Å². The van der Waals surface area contributed by atoms with Crippen molar-refractivity contribution in [2.75, 3.05) is 0 Å². The molecular formula is C31H32Cl2N2O5. The Morgan fingerprint density at radius 1 is 0.750 bits per heavy atom. The summed E-state index contributed by atoms with van der Waals surface area (Å²) in [5, 5.41) is 5.00. The fourth-order valence-corrected chi connectivity index (χ4v) is 3.99. The van der Waals surface area contributed by atoms with E-state index in [0.29, 0.717) is 27.6 Å². The summed E-state index contributed by atoms with van der Waals surface area (Å²) in [5.74, 6) is -1.20. The van der Waals surface area contributed by atoms with E-state index in [9.17, 15) is 14.4 Å². The summed E-state index contributed by atoms with van der Waals surface area (Å²) in [6.07, 6.45) is 9.55. The molecule has 210 valence electrons. The third-order valence-corrected chi connectivity index (χ3v) is 6.46. The van der Waals surface area contributed by atoms with Gasteiger partial charge >= 0.3 is 11.9 Å². The van der Waals surface area contributed by atoms with Crippen molar-refractivity contribution < 1.29 is 23.9 Å². The van der Waals surface area contributed by atoms with Crippen molar-refractivity contribution in [2.24, 2.45) is 5.10 Å². The highest BCUT2D eigenvalue weighted by Crippen LogP contribution is 2.26. The maximum atomic E-state index is 12.8. The number of nitrogens with one attached hydrogen (secondary N) is 1. The van der Waals surface area contributed by atoms with Crippen LogP contribution in [0.2, 0.25) is 10.0 Å². The van der Waals surface area contributed by atoms with Gasteiger partial charge in [-0.15, -0.1) is 0 Å². The molecular weight excluding hydrogens is 551 g/mol. The van der Waals surface area contributed by atoms with E-state index in [4.69, 9.17) is 32.7 Å². The van der Waals surface area contributed by atoms with Crippen LogP contribution in [-0.4, -0.2) is 24.1 Å². The van der Waals surface area contributed by atoms with Gasteiger partial charge in [0.15, 0.2) is 0 Å². The van der Waals surface area contributed by atoms with Gasteiger partial charge in [0, 0.05) is 28.1 Å². The number of rotatable bonds is 14. The van der Waals surface area contributed by atoms with Crippen molar-refractivity contribution in [2.45, 2.75) is 58.3 Å². The monoisotopic (exact) mass is 582 g/mol. The number of nitrogens with zero attached hydrogens (tertiary/aromatic N) is 1. The molecule has 40 heavy (non-hydrogen) atoms. The Balaban J connectivity index is 1.67. The smallest absolute Gasteiger partial charge is 0.343 e. The average Bonchev–Trinajstić information content (AvgIpc) is 2.94. The summed E-state index contributed by atoms with van der Waals surface area (Å²) in [7, 11) is 0. The van der Waals surface area contributed by atoms with Crippen LogP contribution in [0.3, 0.4) is 0 Å². The molecule has 0 radical (unpaired) electrons. The lowest BCUT2D eigenvalue weighted by Gasteiger charge is -2.11. The predicted octanol–water partition coefficient (Wildman–Crippen LogP) is 8.02. The van der Waals surface area contributed by atoms with Crippen LogP contribution < -0.4 is 14.9 Å². The van der Waals surface area contributed by atoms with E-state index in [1.165, 1.54) is 56.2 Å². The number of ether oxygens (including phenoxy) is 2. The molecule has 0 aromatic heterocycles. The Kier molecular flexibility index (Phi) is 12.7. The van der Waals surface area contributed by atoms with Gasteiger partial charge < -0.3 is 9.47 Å². The first kappa shape index (κ1) is 30.9. The highest BCUT2D eigenvalue weighted by molar-refractivity contribution is 6.31. The second kappa shape index (κ2) is 16.4. The maximum Gasteiger partial charge on any atom is 0.343 e. The van der Waals surface area contributed by atoms with Crippen LogP contribution in [0.5, 0.6) is 11.5 Å². The van der Waals surface area contributed by atoms with E-state index < -0.39 is 11.9 Å². The standard InChI is InChI=1S/C31H32Cl2N2O5/c1-2-3-4-5-6-7-8-9-29(36)35-34-21-24-14-19-27(39-30(37)22-10-15-25(32)16-11-22)20-28(24)40-31(38)23-12-17-26(33)18-13-23/h10-21H,2-9H2,1H3,(H,35,36). The zero-order valence-electron chi connectivity index (χ0n) is 22.3. The third kappa shape index (κ3) is 10.5. The third-order valence-electron chi connectivity index (χ3n) is 5.96. The number of halogens is 2. The number of benzene rings is 3. The van der Waals surface area contributed by atoms with Crippen LogP contribution in [0, 0.1) is 0 Å². The topological polar surface area (TPSA) is 94.1 Å². The highest BCUT2D eigenvalue weighted by Gasteiger charge is 2.15. The molecule has 0 unspecified atom stereocenters. The number of unbranched alkanes of at least 4 members (excludes halogenated alkanes) is 6. The zero-order chi connectivity index (χ0) is 28.7. The molecule has 0 spiro atoms. The molecule has 1 N–H and O–H groups in total. The van der Waals surface area contributed by atoms with E-state index in [1.807, 2.05) is 0 Å². The van der Waals surface area contributed by atoms with Gasteiger partial charge in [-0.25, -0.2) is 15.0 Å². The summed E-state index contributed by atoms with van der Waals surface area (Å²) in [4.78, 5) is 37.5. The first-order chi connectivity index (χ1) is 19.4. The Morgan fingerprint density at radius 2 is 1.30 bits per heavy atom. The molecule has 7 nitrogen and oxygen atoms in total. The molecule has 1 amide bonds. The van der Waals surface area contributed by atoms with Crippen molar-refractivity contribution in [1.29, 1.82) is 0 Å². The van der Waals surface area contributed by atoms with Gasteiger partial charge in [0.05, 0.1) is 17.3 Å². The summed E-state index contributed by atoms with van der Waals surface area (Å²) in [6.45, 7) is 2.18. The fraction of sp³-hybridized carbons (Fsp3) is 0.290. The number of amides is 1. The van der Waals surface area contributed by atoms with Gasteiger partial charge in [0.2, 0.25) is 5.91 Å². The zero-order valence-corrected chi connectivity index (χ0v) is 23.8. The first-order valence-corrected chi connectivity index (χ1v) is 14.0. The number of carbonyl (C=O) groups is 3. The molecule has 0 fully saturated rings. The van der Waals surface area contributed by atoms with Crippen molar-refractivity contribution >= 4 is 47.3 Å². The number of hydrogen-bond donors (Lipinski definition) is 1. The molecule has 9 heteroatoms. The number of hydrazone groups is 1. The van der Waals surface area contributed by atoms with Gasteiger partial charge in [-0.1, -0.05) is 68.7 Å². The normalized spacial score (nSPS) is 10.9. The number of hydrogen-bond acceptors (Lipinski definition) is 6. The minimum absolute atomic E-state index is 0.0893. The Labute approximate surface area is 244 Å². The second-order valence-electron chi connectivity index (χ2n) is 9.16. The van der Waals surface area contributed by atoms with E-state index in [-0.39, 0.29) is 23.0 Å². The Morgan fingerprint density at radius 3 is 1.90 bits per heavy atom. The van der Waals surface area contributed by atoms with Gasteiger partial charge in [-0.05, 0) is 67.1 Å². The van der Waals surface area contributed by atoms with Crippen LogP contribution in [0.4, 0.5) is 0 Å². The first-order valence-electron chi connectivity index (χ1n) is 13.3. The minimum atomic E-state index is -0.643. The second-order valence-corrected chi connectivity index (χ2v) is 10.0. The van der Waals surface area contributed by atoms with Crippen LogP contribution in [0.1, 0.15) is 84.6 Å². The maximum absolute atomic E-state index is 12.8. The lowest BCUT2D eigenvalue weighted by molar-refractivity contribution is -0.121. The molecule has 0 saturated heterocycles. The summed E-state index contributed by atoms with van der Waals surface area (Å²) >= 11 is 11.8. The molecule has 0 aliphatic heterocycles. The number of esters is 2. The van der Waals surface area contributed by atoms with Crippen LogP contribution in [-0.2, 0) is 4.79 Å². The SMILES string of the molecule is CCCCCCCCCC(=O)NN=Cc1ccc(OC(=O)c2ccc(Cl)cc2)cc1OC(=O)c1ccc(Cl)cc1. The summed E-state index contributed by atoms with van der Waals surface area (Å²) in [5.41, 5.74) is 3.49. The summed E-state index contributed by atoms with van der Waals surface area (Å²) < 4.78 is 11.1. The summed E-state index contributed by atoms with van der Waals surface area (Å²) in [6, 6.07) is 17.0. The van der Waals surface area contributed by atoms with E-state index in [0.717, 1.165) is 19.3 Å². The van der Waals surface area contributed by atoms with Crippen LogP contribution in [0.25, 0.3) is 0 Å². The van der Waals surface area contributed by atoms with Gasteiger partial charge in [-0.2, -0.15) is 5.10 Å². The van der Waals surface area contributed by atoms with Crippen molar-refractivity contribution in [1.82, 2.24) is 5.43 Å². The molecule has 0 heterocycles. The predicted molar refractivity (Wildman–Crippen MR) is 158 cm³/mol. The highest BCUT2D eigenvalue weighted by atomic mass is 35.5. The fourth-order valence-electron chi connectivity index (χ4n) is 3.74. The molecule has 3 aromatic rings. The van der Waals surface area contributed by atoms with Crippen LogP contribution >= 0.6 is 23.2 Å². The van der Waals surface area contributed by atoms with Gasteiger partial charge in [-0.3, -0.25) is 4.79 Å². The molecule has 3 aromatic carbocycles.